The van der Waals surface area contributed by atoms with Crippen molar-refractivity contribution < 1.29 is 27.2 Å². The van der Waals surface area contributed by atoms with Gasteiger partial charge in [-0.1, -0.05) is 54.2 Å². The van der Waals surface area contributed by atoms with Crippen molar-refractivity contribution in [1.82, 2.24) is 14.8 Å². The molecule has 1 aliphatic heterocycles. The van der Waals surface area contributed by atoms with Gasteiger partial charge >= 0.3 is 12.2 Å². The van der Waals surface area contributed by atoms with Crippen molar-refractivity contribution in [2.75, 3.05) is 16.0 Å². The third kappa shape index (κ3) is 6.69. The lowest BCUT2D eigenvalue weighted by atomic mass is 10.0. The number of nitrogens with zero attached hydrogens (tertiary/aromatic N) is 5. The Labute approximate surface area is 264 Å². The van der Waals surface area contributed by atoms with Crippen LogP contribution in [0.1, 0.15) is 22.3 Å². The van der Waals surface area contributed by atoms with E-state index in [-0.39, 0.29) is 33.9 Å². The fraction of sp³-hybridized carbons (Fsp3) is 0.121. The van der Waals surface area contributed by atoms with Crippen LogP contribution in [0.15, 0.2) is 102 Å². The number of thioether (sulfide) groups is 1. The monoisotopic (exact) mass is 644 g/mol. The maximum absolute atomic E-state index is 15.1. The summed E-state index contributed by atoms with van der Waals surface area (Å²) in [6.45, 7) is 1.91. The number of carbonyl (C=O) groups is 2. The van der Waals surface area contributed by atoms with Crippen LogP contribution in [0.2, 0.25) is 0 Å². The molecule has 3 amide bonds. The summed E-state index contributed by atoms with van der Waals surface area (Å²) in [7, 11) is 0. The maximum atomic E-state index is 15.1. The molecule has 0 radical (unpaired) electrons. The molecule has 232 valence electrons. The Balaban J connectivity index is 1.19. The van der Waals surface area contributed by atoms with Gasteiger partial charge in [0.05, 0.1) is 28.4 Å². The highest BCUT2D eigenvalue weighted by molar-refractivity contribution is 8.15. The van der Waals surface area contributed by atoms with Crippen molar-refractivity contribution in [3.63, 3.8) is 0 Å². The first-order valence-corrected chi connectivity index (χ1v) is 14.9. The highest BCUT2D eigenvalue weighted by atomic mass is 32.2. The number of amidine groups is 1. The van der Waals surface area contributed by atoms with Crippen LogP contribution in [-0.2, 0) is 17.4 Å². The van der Waals surface area contributed by atoms with E-state index in [1.165, 1.54) is 40.2 Å². The van der Waals surface area contributed by atoms with E-state index < -0.39 is 23.6 Å². The molecule has 0 spiro atoms. The third-order valence-electron chi connectivity index (χ3n) is 7.10. The fourth-order valence-electron chi connectivity index (χ4n) is 4.84. The first-order valence-electron chi connectivity index (χ1n) is 13.9. The summed E-state index contributed by atoms with van der Waals surface area (Å²) in [6.07, 6.45) is -2.60. The molecule has 1 aromatic heterocycles. The second-order valence-electron chi connectivity index (χ2n) is 10.4. The Morgan fingerprint density at radius 1 is 1.00 bits per heavy atom. The van der Waals surface area contributed by atoms with E-state index in [0.29, 0.717) is 17.8 Å². The van der Waals surface area contributed by atoms with Crippen LogP contribution in [-0.4, -0.2) is 37.6 Å². The minimum atomic E-state index is -4.47. The Morgan fingerprint density at radius 2 is 1.76 bits per heavy atom. The first kappa shape index (κ1) is 30.7. The summed E-state index contributed by atoms with van der Waals surface area (Å²) >= 11 is 1.12. The molecule has 8 nitrogen and oxygen atoms in total. The van der Waals surface area contributed by atoms with Gasteiger partial charge in [0.25, 0.3) is 0 Å². The zero-order valence-electron chi connectivity index (χ0n) is 24.1. The second-order valence-corrected chi connectivity index (χ2v) is 11.3. The number of anilines is 2. The van der Waals surface area contributed by atoms with Crippen molar-refractivity contribution >= 4 is 40.2 Å². The molecule has 1 fully saturated rings. The highest BCUT2D eigenvalue weighted by Crippen LogP contribution is 2.33. The molecular formula is C33H24F4N6O2S. The lowest BCUT2D eigenvalue weighted by molar-refractivity contribution is -0.137. The van der Waals surface area contributed by atoms with Gasteiger partial charge in [0.2, 0.25) is 5.91 Å². The predicted molar refractivity (Wildman–Crippen MR) is 169 cm³/mol. The third-order valence-corrected chi connectivity index (χ3v) is 8.02. The molecule has 4 aromatic carbocycles. The molecule has 0 unspecified atom stereocenters. The molecule has 5 aromatic rings. The van der Waals surface area contributed by atoms with Gasteiger partial charge < -0.3 is 5.32 Å². The first-order chi connectivity index (χ1) is 22.0. The number of aliphatic imine (C=N–C) groups is 1. The predicted octanol–water partition coefficient (Wildman–Crippen LogP) is 7.66. The van der Waals surface area contributed by atoms with Crippen LogP contribution in [0.25, 0.3) is 17.1 Å². The number of rotatable bonds is 6. The lowest BCUT2D eigenvalue weighted by Gasteiger charge is -2.20. The number of amides is 3. The number of nitrogens with one attached hydrogen (secondary N) is 1. The Kier molecular flexibility index (Phi) is 8.41. The summed E-state index contributed by atoms with van der Waals surface area (Å²) in [4.78, 5) is 35.6. The molecule has 0 bridgehead atoms. The molecule has 2 heterocycles. The van der Waals surface area contributed by atoms with Gasteiger partial charge in [0.15, 0.2) is 11.0 Å². The molecular weight excluding hydrogens is 620 g/mol. The van der Waals surface area contributed by atoms with E-state index in [1.54, 1.807) is 0 Å². The van der Waals surface area contributed by atoms with Crippen LogP contribution in [0, 0.1) is 12.7 Å². The largest absolute Gasteiger partial charge is 0.416 e. The second kappa shape index (κ2) is 12.6. The van der Waals surface area contributed by atoms with Gasteiger partial charge in [0, 0.05) is 5.56 Å². The number of halogens is 4. The van der Waals surface area contributed by atoms with Gasteiger partial charge in [-0.05, 0) is 78.6 Å². The number of aromatic nitrogens is 3. The zero-order valence-corrected chi connectivity index (χ0v) is 24.9. The number of hydrogen-bond donors (Lipinski definition) is 1. The van der Waals surface area contributed by atoms with E-state index in [4.69, 9.17) is 0 Å². The van der Waals surface area contributed by atoms with Crippen molar-refractivity contribution in [2.45, 2.75) is 19.5 Å². The Hall–Kier alpha value is -5.30. The van der Waals surface area contributed by atoms with Crippen LogP contribution < -0.4 is 10.2 Å². The molecule has 1 saturated heterocycles. The normalized spacial score (nSPS) is 14.2. The van der Waals surface area contributed by atoms with Gasteiger partial charge in [-0.25, -0.2) is 18.9 Å². The van der Waals surface area contributed by atoms with Crippen LogP contribution in [0.4, 0.5) is 33.7 Å². The summed E-state index contributed by atoms with van der Waals surface area (Å²) in [5.41, 5.74) is 3.17. The van der Waals surface area contributed by atoms with E-state index in [9.17, 15) is 22.8 Å². The molecule has 0 saturated carbocycles. The molecule has 1 N–H and O–H groups in total. The van der Waals surface area contributed by atoms with E-state index in [1.807, 2.05) is 55.5 Å². The molecule has 0 aliphatic carbocycles. The molecule has 1 aliphatic rings. The number of alkyl halides is 3. The van der Waals surface area contributed by atoms with Crippen LogP contribution in [0.5, 0.6) is 0 Å². The summed E-state index contributed by atoms with van der Waals surface area (Å²) in [5.74, 6) is -0.791. The Morgan fingerprint density at radius 3 is 2.48 bits per heavy atom. The van der Waals surface area contributed by atoms with E-state index in [2.05, 4.69) is 20.4 Å². The summed E-state index contributed by atoms with van der Waals surface area (Å²) in [5, 5.41) is 6.84. The number of hydrogen-bond acceptors (Lipinski definition) is 5. The average Bonchev–Trinajstić information content (AvgIpc) is 3.66. The van der Waals surface area contributed by atoms with Gasteiger partial charge in [0.1, 0.15) is 12.1 Å². The van der Waals surface area contributed by atoms with Crippen LogP contribution in [0.3, 0.4) is 0 Å². The lowest BCUT2D eigenvalue weighted by Crippen LogP contribution is -2.31. The van der Waals surface area contributed by atoms with Crippen molar-refractivity contribution in [3.8, 4) is 17.1 Å². The number of urea groups is 1. The van der Waals surface area contributed by atoms with Crippen molar-refractivity contribution in [3.05, 3.63) is 125 Å². The molecule has 13 heteroatoms. The van der Waals surface area contributed by atoms with Crippen molar-refractivity contribution in [2.24, 2.45) is 4.99 Å². The van der Waals surface area contributed by atoms with E-state index in [0.717, 1.165) is 46.7 Å². The molecule has 46 heavy (non-hydrogen) atoms. The minimum Gasteiger partial charge on any atom is -0.303 e. The minimum absolute atomic E-state index is 0.0972. The maximum Gasteiger partial charge on any atom is 0.416 e. The highest BCUT2D eigenvalue weighted by Gasteiger charge is 2.32. The molecule has 6 rings (SSSR count). The van der Waals surface area contributed by atoms with Gasteiger partial charge in [-0.3, -0.25) is 9.69 Å². The molecule has 0 atom stereocenters. The summed E-state index contributed by atoms with van der Waals surface area (Å²) in [6, 6.07) is 23.0. The summed E-state index contributed by atoms with van der Waals surface area (Å²) < 4.78 is 55.0. The number of aryl methyl sites for hydroxylation is 1. The number of carbonyl (C=O) groups excluding carboxylic acids is 2. The van der Waals surface area contributed by atoms with E-state index >= 15 is 4.39 Å². The Bertz CT molecular complexity index is 1960. The van der Waals surface area contributed by atoms with Gasteiger partial charge in [-0.15, -0.1) is 5.10 Å². The fourth-order valence-corrected chi connectivity index (χ4v) is 5.70. The smallest absolute Gasteiger partial charge is 0.303 e. The zero-order chi connectivity index (χ0) is 32.4. The number of benzene rings is 4. The topological polar surface area (TPSA) is 92.5 Å². The van der Waals surface area contributed by atoms with Gasteiger partial charge in [-0.2, -0.15) is 18.2 Å². The van der Waals surface area contributed by atoms with Crippen LogP contribution >= 0.6 is 11.8 Å². The van der Waals surface area contributed by atoms with Crippen molar-refractivity contribution in [1.29, 1.82) is 0 Å². The quantitative estimate of drug-likeness (QED) is 0.192. The average molecular weight is 645 g/mol. The SMILES string of the molecule is Cc1ccc(Cc2ccccc2)c(N2C(=O)CSC2=NC(=O)Nc2ccc(-c3ncn(-c4ccc(C(F)(F)F)cc4)n3)cc2F)c1. The standard InChI is InChI=1S/C33H24F4N6O2S/c1-20-7-8-22(16-21-5-3-2-4-6-21)28(15-20)43-29(44)18-46-32(43)40-31(45)39-27-14-9-23(17-26(27)34)30-38-19-42(41-30)25-12-10-24(11-13-25)33(35,36)37/h2-15,17,19H,16,18H2,1H3,(H,39,45).